The Morgan fingerprint density at radius 1 is 1.16 bits per heavy atom. The summed E-state index contributed by atoms with van der Waals surface area (Å²) >= 11 is 0. The molecular weight excluding hydrogens is 236 g/mol. The zero-order chi connectivity index (χ0) is 14.1. The van der Waals surface area contributed by atoms with Crippen LogP contribution in [0.5, 0.6) is 0 Å². The first-order valence-electron chi connectivity index (χ1n) is 7.20. The van der Waals surface area contributed by atoms with Crippen LogP contribution in [0.1, 0.15) is 69.1 Å². The number of hydrogen-bond acceptors (Lipinski definition) is 3. The van der Waals surface area contributed by atoms with Crippen molar-refractivity contribution in [1.82, 2.24) is 4.98 Å². The summed E-state index contributed by atoms with van der Waals surface area (Å²) < 4.78 is 0. The van der Waals surface area contributed by atoms with Gasteiger partial charge in [0.2, 0.25) is 0 Å². The van der Waals surface area contributed by atoms with E-state index >= 15 is 0 Å². The van der Waals surface area contributed by atoms with Crippen LogP contribution in [-0.4, -0.2) is 23.0 Å². The second-order valence-electron chi connectivity index (χ2n) is 4.71. The summed E-state index contributed by atoms with van der Waals surface area (Å²) in [6, 6.07) is 5.56. The summed E-state index contributed by atoms with van der Waals surface area (Å²) in [6.07, 6.45) is 5.36. The number of aliphatic imine (C=N–C) groups is 1. The Kier molecular flexibility index (Phi) is 7.01. The molecule has 0 saturated carbocycles. The minimum Gasteiger partial charge on any atom is -0.292 e. The maximum Gasteiger partial charge on any atom is 0.180 e. The number of aromatic nitrogens is 1. The molecule has 0 bridgehead atoms. The highest BCUT2D eigenvalue weighted by Gasteiger charge is 2.06. The molecule has 0 amide bonds. The normalized spacial score (nSPS) is 11.6. The zero-order valence-corrected chi connectivity index (χ0v) is 12.3. The van der Waals surface area contributed by atoms with E-state index in [0.29, 0.717) is 12.1 Å². The lowest BCUT2D eigenvalue weighted by Crippen LogP contribution is -2.06. The van der Waals surface area contributed by atoms with E-state index in [1.807, 2.05) is 26.0 Å². The van der Waals surface area contributed by atoms with Crippen molar-refractivity contribution in [3.8, 4) is 0 Å². The van der Waals surface area contributed by atoms with Crippen molar-refractivity contribution in [2.75, 3.05) is 6.54 Å². The first-order chi connectivity index (χ1) is 9.19. The Bertz CT molecular complexity index is 438. The van der Waals surface area contributed by atoms with Crippen LogP contribution < -0.4 is 0 Å². The zero-order valence-electron chi connectivity index (χ0n) is 12.3. The van der Waals surface area contributed by atoms with Crippen molar-refractivity contribution >= 4 is 11.5 Å². The van der Waals surface area contributed by atoms with Gasteiger partial charge in [-0.3, -0.25) is 9.79 Å². The Morgan fingerprint density at radius 2 is 1.89 bits per heavy atom. The monoisotopic (exact) mass is 260 g/mol. The standard InChI is InChI=1S/C16H24N2O/c1-4-6-7-8-12-17-13(3)14-10-9-11-15(18-14)16(19)5-2/h9-11H,4-8,12H2,1-3H3/b17-13+. The minimum atomic E-state index is 0.0811. The maximum atomic E-state index is 11.6. The molecule has 0 radical (unpaired) electrons. The van der Waals surface area contributed by atoms with Crippen LogP contribution in [0.2, 0.25) is 0 Å². The third-order valence-corrected chi connectivity index (χ3v) is 3.09. The second kappa shape index (κ2) is 8.57. The smallest absolute Gasteiger partial charge is 0.180 e. The van der Waals surface area contributed by atoms with E-state index in [0.717, 1.165) is 24.4 Å². The van der Waals surface area contributed by atoms with Gasteiger partial charge in [0.05, 0.1) is 11.4 Å². The van der Waals surface area contributed by atoms with Crippen LogP contribution in [0, 0.1) is 0 Å². The summed E-state index contributed by atoms with van der Waals surface area (Å²) in [5.41, 5.74) is 2.28. The molecule has 0 aromatic carbocycles. The van der Waals surface area contributed by atoms with Gasteiger partial charge in [-0.25, -0.2) is 4.98 Å². The van der Waals surface area contributed by atoms with Gasteiger partial charge < -0.3 is 0 Å². The lowest BCUT2D eigenvalue weighted by Gasteiger charge is -2.03. The fourth-order valence-corrected chi connectivity index (χ4v) is 1.84. The molecular formula is C16H24N2O. The summed E-state index contributed by atoms with van der Waals surface area (Å²) in [5.74, 6) is 0.0811. The molecule has 0 spiro atoms. The van der Waals surface area contributed by atoms with Gasteiger partial charge in [-0.15, -0.1) is 0 Å². The molecule has 0 unspecified atom stereocenters. The highest BCUT2D eigenvalue weighted by molar-refractivity contribution is 5.99. The van der Waals surface area contributed by atoms with E-state index < -0.39 is 0 Å². The molecule has 3 nitrogen and oxygen atoms in total. The Morgan fingerprint density at radius 3 is 2.58 bits per heavy atom. The largest absolute Gasteiger partial charge is 0.292 e. The predicted molar refractivity (Wildman–Crippen MR) is 80.1 cm³/mol. The molecule has 0 aliphatic carbocycles. The number of pyridine rings is 1. The molecule has 0 fully saturated rings. The fourth-order valence-electron chi connectivity index (χ4n) is 1.84. The molecule has 3 heteroatoms. The van der Waals surface area contributed by atoms with Gasteiger partial charge in [0.1, 0.15) is 5.69 Å². The molecule has 1 rings (SSSR count). The summed E-state index contributed by atoms with van der Waals surface area (Å²) in [6.45, 7) is 6.86. The molecule has 0 aliphatic rings. The van der Waals surface area contributed by atoms with Crippen LogP contribution >= 0.6 is 0 Å². The molecule has 104 valence electrons. The Hall–Kier alpha value is -1.51. The first-order valence-corrected chi connectivity index (χ1v) is 7.20. The highest BCUT2D eigenvalue weighted by Crippen LogP contribution is 2.05. The van der Waals surface area contributed by atoms with E-state index in [2.05, 4.69) is 16.9 Å². The molecule has 0 aliphatic heterocycles. The topological polar surface area (TPSA) is 42.3 Å². The number of unbranched alkanes of at least 4 members (excludes halogenated alkanes) is 3. The molecule has 0 atom stereocenters. The number of Topliss-reactive ketones (excluding diaryl/α,β-unsaturated/α-hetero) is 1. The van der Waals surface area contributed by atoms with Gasteiger partial charge in [0.25, 0.3) is 0 Å². The van der Waals surface area contributed by atoms with E-state index in [1.165, 1.54) is 19.3 Å². The van der Waals surface area contributed by atoms with E-state index in [4.69, 9.17) is 0 Å². The van der Waals surface area contributed by atoms with Crippen LogP contribution in [0.3, 0.4) is 0 Å². The lowest BCUT2D eigenvalue weighted by atomic mass is 10.1. The van der Waals surface area contributed by atoms with Gasteiger partial charge in [0, 0.05) is 13.0 Å². The fraction of sp³-hybridized carbons (Fsp3) is 0.562. The maximum absolute atomic E-state index is 11.6. The third kappa shape index (κ3) is 5.33. The summed E-state index contributed by atoms with van der Waals surface area (Å²) in [4.78, 5) is 20.5. The highest BCUT2D eigenvalue weighted by atomic mass is 16.1. The van der Waals surface area contributed by atoms with Crippen molar-refractivity contribution in [2.24, 2.45) is 4.99 Å². The average Bonchev–Trinajstić information content (AvgIpc) is 2.46. The summed E-state index contributed by atoms with van der Waals surface area (Å²) in [7, 11) is 0. The number of hydrogen-bond donors (Lipinski definition) is 0. The van der Waals surface area contributed by atoms with Crippen molar-refractivity contribution in [3.63, 3.8) is 0 Å². The Labute approximate surface area is 116 Å². The predicted octanol–water partition coefficient (Wildman–Crippen LogP) is 4.06. The number of carbonyl (C=O) groups excluding carboxylic acids is 1. The first kappa shape index (κ1) is 15.5. The molecule has 19 heavy (non-hydrogen) atoms. The van der Waals surface area contributed by atoms with Gasteiger partial charge in [-0.1, -0.05) is 39.2 Å². The molecule has 1 aromatic rings. The molecule has 1 aromatic heterocycles. The van der Waals surface area contributed by atoms with Crippen LogP contribution in [-0.2, 0) is 0 Å². The van der Waals surface area contributed by atoms with Crippen LogP contribution in [0.15, 0.2) is 23.2 Å². The van der Waals surface area contributed by atoms with Gasteiger partial charge in [0.15, 0.2) is 5.78 Å². The van der Waals surface area contributed by atoms with Crippen molar-refractivity contribution in [1.29, 1.82) is 0 Å². The van der Waals surface area contributed by atoms with Crippen molar-refractivity contribution in [3.05, 3.63) is 29.6 Å². The third-order valence-electron chi connectivity index (χ3n) is 3.09. The van der Waals surface area contributed by atoms with Crippen molar-refractivity contribution < 1.29 is 4.79 Å². The minimum absolute atomic E-state index is 0.0811. The Balaban J connectivity index is 2.63. The molecule has 1 heterocycles. The molecule has 0 saturated heterocycles. The number of nitrogens with zero attached hydrogens (tertiary/aromatic N) is 2. The second-order valence-corrected chi connectivity index (χ2v) is 4.71. The van der Waals surface area contributed by atoms with Gasteiger partial charge in [-0.05, 0) is 25.5 Å². The van der Waals surface area contributed by atoms with Gasteiger partial charge in [-0.2, -0.15) is 0 Å². The summed E-state index contributed by atoms with van der Waals surface area (Å²) in [5, 5.41) is 0. The number of rotatable bonds is 8. The number of ketones is 1. The quantitative estimate of drug-likeness (QED) is 0.402. The SMILES string of the molecule is CCCCCC/N=C(\C)c1cccc(C(=O)CC)n1. The van der Waals surface area contributed by atoms with Crippen molar-refractivity contribution in [2.45, 2.75) is 52.9 Å². The van der Waals surface area contributed by atoms with E-state index in [1.54, 1.807) is 6.07 Å². The van der Waals surface area contributed by atoms with Crippen LogP contribution in [0.4, 0.5) is 0 Å². The van der Waals surface area contributed by atoms with Gasteiger partial charge >= 0.3 is 0 Å². The van der Waals surface area contributed by atoms with Crippen LogP contribution in [0.25, 0.3) is 0 Å². The molecule has 0 N–H and O–H groups in total. The van der Waals surface area contributed by atoms with E-state index in [9.17, 15) is 4.79 Å². The average molecular weight is 260 g/mol. The number of carbonyl (C=O) groups is 1. The lowest BCUT2D eigenvalue weighted by molar-refractivity contribution is 0.0983. The van der Waals surface area contributed by atoms with E-state index in [-0.39, 0.29) is 5.78 Å².